The van der Waals surface area contributed by atoms with E-state index in [9.17, 15) is 13.6 Å². The van der Waals surface area contributed by atoms with Crippen LogP contribution in [0.5, 0.6) is 5.88 Å². The van der Waals surface area contributed by atoms with Crippen LogP contribution in [0.4, 0.5) is 8.78 Å². The summed E-state index contributed by atoms with van der Waals surface area (Å²) >= 11 is 0. The maximum atomic E-state index is 14.6. The number of aromatic nitrogens is 3. The van der Waals surface area contributed by atoms with Crippen LogP contribution >= 0.6 is 0 Å². The quantitative estimate of drug-likeness (QED) is 0.659. The molecule has 8 heteroatoms. The number of ether oxygens (including phenoxy) is 1. The molecule has 5 rings (SSSR count). The smallest absolute Gasteiger partial charge is 0.287 e. The molecule has 0 aliphatic carbocycles. The van der Waals surface area contributed by atoms with Crippen LogP contribution in [0, 0.1) is 0 Å². The molecule has 1 unspecified atom stereocenters. The summed E-state index contributed by atoms with van der Waals surface area (Å²) in [6.45, 7) is 0.669. The molecular weight excluding hydrogens is 390 g/mol. The van der Waals surface area contributed by atoms with Crippen molar-refractivity contribution in [3.05, 3.63) is 54.6 Å². The van der Waals surface area contributed by atoms with Crippen molar-refractivity contribution in [3.8, 4) is 5.88 Å². The number of halogens is 2. The van der Waals surface area contributed by atoms with Gasteiger partial charge in [0.05, 0.1) is 18.0 Å². The van der Waals surface area contributed by atoms with Gasteiger partial charge in [0.2, 0.25) is 11.8 Å². The fourth-order valence-corrected chi connectivity index (χ4v) is 4.32. The summed E-state index contributed by atoms with van der Waals surface area (Å²) in [4.78, 5) is 23.3. The minimum atomic E-state index is -3.03. The van der Waals surface area contributed by atoms with Crippen LogP contribution in [-0.2, 0) is 11.3 Å². The van der Waals surface area contributed by atoms with Crippen LogP contribution in [-0.4, -0.2) is 50.5 Å². The lowest BCUT2D eigenvalue weighted by molar-refractivity contribution is -0.158. The zero-order valence-corrected chi connectivity index (χ0v) is 16.4. The van der Waals surface area contributed by atoms with E-state index in [1.54, 1.807) is 18.3 Å². The zero-order valence-electron chi connectivity index (χ0n) is 16.4. The number of hydrogen-bond acceptors (Lipinski definition) is 4. The second-order valence-electron chi connectivity index (χ2n) is 7.92. The molecule has 1 saturated heterocycles. The van der Waals surface area contributed by atoms with Crippen LogP contribution in [0.15, 0.2) is 48.8 Å². The Morgan fingerprint density at radius 3 is 2.93 bits per heavy atom. The third kappa shape index (κ3) is 3.40. The molecule has 1 fully saturated rings. The number of carbonyl (C=O) groups excluding carboxylic acids is 1. The Kier molecular flexibility index (Phi) is 4.64. The summed E-state index contributed by atoms with van der Waals surface area (Å²) in [5.41, 5.74) is 0.677. The SMILES string of the molecule is O=C(C1CCCn2ccnc21)N1CCC(F)(F)[C@@H](Oc2ccc3ccccc3n2)C1. The first-order valence-electron chi connectivity index (χ1n) is 10.2. The minimum Gasteiger partial charge on any atom is -0.466 e. The van der Waals surface area contributed by atoms with E-state index >= 15 is 0 Å². The van der Waals surface area contributed by atoms with E-state index in [0.29, 0.717) is 11.9 Å². The van der Waals surface area contributed by atoms with Gasteiger partial charge in [0, 0.05) is 43.4 Å². The van der Waals surface area contributed by atoms with Gasteiger partial charge in [0.25, 0.3) is 5.92 Å². The lowest BCUT2D eigenvalue weighted by Gasteiger charge is -2.39. The predicted octanol–water partition coefficient (Wildman–Crippen LogP) is 3.62. The number of alkyl halides is 2. The number of benzene rings is 1. The van der Waals surface area contributed by atoms with Gasteiger partial charge in [-0.15, -0.1) is 0 Å². The summed E-state index contributed by atoms with van der Waals surface area (Å²) in [5.74, 6) is -2.72. The van der Waals surface area contributed by atoms with E-state index in [2.05, 4.69) is 9.97 Å². The van der Waals surface area contributed by atoms with Gasteiger partial charge in [0.1, 0.15) is 5.82 Å². The number of fused-ring (bicyclic) bond motifs is 2. The highest BCUT2D eigenvalue weighted by molar-refractivity contribution is 5.83. The van der Waals surface area contributed by atoms with Crippen molar-refractivity contribution < 1.29 is 18.3 Å². The fraction of sp³-hybridized carbons (Fsp3) is 0.409. The van der Waals surface area contributed by atoms with Gasteiger partial charge in [0.15, 0.2) is 6.10 Å². The molecule has 30 heavy (non-hydrogen) atoms. The predicted molar refractivity (Wildman–Crippen MR) is 107 cm³/mol. The number of likely N-dealkylation sites (tertiary alicyclic amines) is 1. The molecule has 0 bridgehead atoms. The molecule has 6 nitrogen and oxygen atoms in total. The highest BCUT2D eigenvalue weighted by Crippen LogP contribution is 2.34. The van der Waals surface area contributed by atoms with Gasteiger partial charge in [-0.2, -0.15) is 0 Å². The van der Waals surface area contributed by atoms with Gasteiger partial charge in [-0.25, -0.2) is 18.7 Å². The average molecular weight is 412 g/mol. The summed E-state index contributed by atoms with van der Waals surface area (Å²) in [6.07, 6.45) is 3.22. The van der Waals surface area contributed by atoms with Gasteiger partial charge < -0.3 is 14.2 Å². The number of amides is 1. The summed E-state index contributed by atoms with van der Waals surface area (Å²) in [7, 11) is 0. The van der Waals surface area contributed by atoms with Gasteiger partial charge in [-0.1, -0.05) is 18.2 Å². The second-order valence-corrected chi connectivity index (χ2v) is 7.92. The number of pyridine rings is 1. The van der Waals surface area contributed by atoms with E-state index in [0.717, 1.165) is 24.2 Å². The normalized spacial score (nSPS) is 23.2. The summed E-state index contributed by atoms with van der Waals surface area (Å²) in [5, 5.41) is 0.907. The Bertz CT molecular complexity index is 1080. The average Bonchev–Trinajstić information content (AvgIpc) is 3.23. The highest BCUT2D eigenvalue weighted by Gasteiger charge is 2.48. The molecule has 4 heterocycles. The van der Waals surface area contributed by atoms with Gasteiger partial charge >= 0.3 is 0 Å². The Balaban J connectivity index is 1.35. The van der Waals surface area contributed by atoms with Crippen molar-refractivity contribution in [1.82, 2.24) is 19.4 Å². The molecule has 0 saturated carbocycles. The topological polar surface area (TPSA) is 60.2 Å². The molecule has 0 spiro atoms. The zero-order chi connectivity index (χ0) is 20.7. The first-order chi connectivity index (χ1) is 14.5. The maximum Gasteiger partial charge on any atom is 0.287 e. The highest BCUT2D eigenvalue weighted by atomic mass is 19.3. The number of carbonyl (C=O) groups is 1. The first-order valence-corrected chi connectivity index (χ1v) is 10.2. The van der Waals surface area contributed by atoms with Crippen LogP contribution < -0.4 is 4.74 Å². The Morgan fingerprint density at radius 2 is 2.03 bits per heavy atom. The number of nitrogens with zero attached hydrogens (tertiary/aromatic N) is 4. The van der Waals surface area contributed by atoms with Crippen molar-refractivity contribution in [3.63, 3.8) is 0 Å². The molecular formula is C22H22F2N4O2. The van der Waals surface area contributed by atoms with Crippen LogP contribution in [0.3, 0.4) is 0 Å². The largest absolute Gasteiger partial charge is 0.466 e. The van der Waals surface area contributed by atoms with Crippen LogP contribution in [0.25, 0.3) is 10.9 Å². The molecule has 1 aromatic carbocycles. The summed E-state index contributed by atoms with van der Waals surface area (Å²) < 4.78 is 36.9. The number of para-hydroxylation sites is 1. The number of rotatable bonds is 3. The molecule has 3 aromatic rings. The lowest BCUT2D eigenvalue weighted by Crippen LogP contribution is -2.56. The summed E-state index contributed by atoms with van der Waals surface area (Å²) in [6, 6.07) is 10.8. The van der Waals surface area contributed by atoms with Crippen molar-refractivity contribution in [2.45, 2.75) is 43.8 Å². The van der Waals surface area contributed by atoms with Gasteiger partial charge in [-0.05, 0) is 25.0 Å². The number of aryl methyl sites for hydroxylation is 1. The van der Waals surface area contributed by atoms with E-state index < -0.39 is 18.4 Å². The number of imidazole rings is 1. The fourth-order valence-electron chi connectivity index (χ4n) is 4.32. The molecule has 1 amide bonds. The maximum absolute atomic E-state index is 14.6. The third-order valence-electron chi connectivity index (χ3n) is 5.97. The minimum absolute atomic E-state index is 0.00799. The molecule has 2 aliphatic rings. The molecule has 156 valence electrons. The van der Waals surface area contributed by atoms with Crippen molar-refractivity contribution in [2.75, 3.05) is 13.1 Å². The van der Waals surface area contributed by atoms with Crippen LogP contribution in [0.2, 0.25) is 0 Å². The molecule has 0 N–H and O–H groups in total. The Labute approximate surface area is 172 Å². The molecule has 0 radical (unpaired) electrons. The second kappa shape index (κ2) is 7.34. The van der Waals surface area contributed by atoms with Gasteiger partial charge in [-0.3, -0.25) is 4.79 Å². The third-order valence-corrected chi connectivity index (χ3v) is 5.97. The van der Waals surface area contributed by atoms with E-state index in [1.807, 2.05) is 35.0 Å². The van der Waals surface area contributed by atoms with Crippen molar-refractivity contribution in [1.29, 1.82) is 0 Å². The number of piperidine rings is 1. The standard InChI is InChI=1S/C22H22F2N4O2/c23-22(24)9-12-28(21(29)16-5-3-11-27-13-10-25-20(16)27)14-18(22)30-19-8-7-15-4-1-2-6-17(15)26-19/h1-2,4,6-8,10,13,16,18H,3,5,9,11-12,14H2/t16?,18-/m0/s1. The monoisotopic (exact) mass is 412 g/mol. The van der Waals surface area contributed by atoms with E-state index in [4.69, 9.17) is 4.74 Å². The first kappa shape index (κ1) is 19.0. The van der Waals surface area contributed by atoms with E-state index in [-0.39, 0.29) is 30.8 Å². The Morgan fingerprint density at radius 1 is 1.17 bits per heavy atom. The Hall–Kier alpha value is -3.03. The van der Waals surface area contributed by atoms with Crippen molar-refractivity contribution >= 4 is 16.8 Å². The van der Waals surface area contributed by atoms with E-state index in [1.165, 1.54) is 4.90 Å². The van der Waals surface area contributed by atoms with Crippen LogP contribution in [0.1, 0.15) is 31.0 Å². The molecule has 2 atom stereocenters. The van der Waals surface area contributed by atoms with Crippen molar-refractivity contribution in [2.24, 2.45) is 0 Å². The number of hydrogen-bond donors (Lipinski definition) is 0. The molecule has 2 aromatic heterocycles. The lowest BCUT2D eigenvalue weighted by atomic mass is 9.95. The molecule has 2 aliphatic heterocycles.